The van der Waals surface area contributed by atoms with E-state index in [-0.39, 0.29) is 6.10 Å². The van der Waals surface area contributed by atoms with Gasteiger partial charge in [0.05, 0.1) is 11.8 Å². The molecule has 1 saturated heterocycles. The fraction of sp³-hybridized carbons (Fsp3) is 0.500. The molecule has 1 atom stereocenters. The number of rotatable bonds is 5. The fourth-order valence-corrected chi connectivity index (χ4v) is 4.01. The van der Waals surface area contributed by atoms with Crippen LogP contribution in [0.3, 0.4) is 0 Å². The molecule has 4 heteroatoms. The largest absolute Gasteiger partial charge is 0.393 e. The Balaban J connectivity index is 1.46. The van der Waals surface area contributed by atoms with Crippen molar-refractivity contribution < 1.29 is 5.11 Å². The van der Waals surface area contributed by atoms with Crippen molar-refractivity contribution in [3.05, 3.63) is 47.0 Å². The van der Waals surface area contributed by atoms with E-state index >= 15 is 0 Å². The summed E-state index contributed by atoms with van der Waals surface area (Å²) in [5.74, 6) is 0.432. The van der Waals surface area contributed by atoms with Gasteiger partial charge in [-0.05, 0) is 44.1 Å². The molecule has 0 spiro atoms. The number of hydrogen-bond acceptors (Lipinski definition) is 4. The number of anilines is 1. The lowest BCUT2D eigenvalue weighted by Gasteiger charge is -2.34. The third-order valence-corrected chi connectivity index (χ3v) is 5.55. The zero-order valence-electron chi connectivity index (χ0n) is 13.1. The van der Waals surface area contributed by atoms with Crippen LogP contribution in [0.15, 0.2) is 35.7 Å². The number of hydrogen-bond donors (Lipinski definition) is 1. The van der Waals surface area contributed by atoms with E-state index in [4.69, 9.17) is 0 Å². The topological polar surface area (TPSA) is 36.4 Å². The lowest BCUT2D eigenvalue weighted by molar-refractivity contribution is 0.0850. The number of thiazole rings is 1. The van der Waals surface area contributed by atoms with Crippen LogP contribution >= 0.6 is 11.3 Å². The summed E-state index contributed by atoms with van der Waals surface area (Å²) in [4.78, 5) is 6.92. The lowest BCUT2D eigenvalue weighted by atomic mass is 9.88. The van der Waals surface area contributed by atoms with Crippen LogP contribution in [0.5, 0.6) is 0 Å². The van der Waals surface area contributed by atoms with Gasteiger partial charge in [-0.15, -0.1) is 11.3 Å². The Hall–Kier alpha value is -1.39. The minimum atomic E-state index is -0.180. The average molecular weight is 316 g/mol. The monoisotopic (exact) mass is 316 g/mol. The van der Waals surface area contributed by atoms with Crippen LogP contribution < -0.4 is 4.90 Å². The van der Waals surface area contributed by atoms with Crippen molar-refractivity contribution in [2.75, 3.05) is 18.0 Å². The number of piperidine rings is 1. The second kappa shape index (κ2) is 7.25. The van der Waals surface area contributed by atoms with Crippen LogP contribution in [0.4, 0.5) is 5.13 Å². The summed E-state index contributed by atoms with van der Waals surface area (Å²) in [5, 5.41) is 13.7. The Labute approximate surface area is 136 Å². The minimum absolute atomic E-state index is 0.180. The summed E-state index contributed by atoms with van der Waals surface area (Å²) in [6, 6.07) is 10.4. The molecule has 1 aromatic carbocycles. The Bertz CT molecular complexity index is 576. The zero-order valence-corrected chi connectivity index (χ0v) is 13.9. The quantitative estimate of drug-likeness (QED) is 0.914. The van der Waals surface area contributed by atoms with Crippen molar-refractivity contribution in [3.63, 3.8) is 0 Å². The Morgan fingerprint density at radius 1 is 1.27 bits per heavy atom. The molecule has 0 radical (unpaired) electrons. The standard InChI is InChI=1S/C18H24N2OS/c1-14-13-22-18(19-14)20-11-9-16(10-12-20)17(21)8-7-15-5-3-2-4-6-15/h2-6,13,16-17,21H,7-12H2,1H3/t17-/m1/s1. The molecule has 3 rings (SSSR count). The Morgan fingerprint density at radius 2 is 2.00 bits per heavy atom. The molecule has 1 fully saturated rings. The third kappa shape index (κ3) is 3.87. The highest BCUT2D eigenvalue weighted by Crippen LogP contribution is 2.28. The van der Waals surface area contributed by atoms with E-state index in [2.05, 4.69) is 39.5 Å². The SMILES string of the molecule is Cc1csc(N2CCC([C@H](O)CCc3ccccc3)CC2)n1. The van der Waals surface area contributed by atoms with Gasteiger partial charge in [-0.25, -0.2) is 4.98 Å². The fourth-order valence-electron chi connectivity index (χ4n) is 3.16. The second-order valence-corrected chi connectivity index (χ2v) is 7.02. The molecule has 22 heavy (non-hydrogen) atoms. The van der Waals surface area contributed by atoms with Gasteiger partial charge in [-0.3, -0.25) is 0 Å². The molecule has 0 saturated carbocycles. The van der Waals surface area contributed by atoms with Crippen molar-refractivity contribution in [2.24, 2.45) is 5.92 Å². The third-order valence-electron chi connectivity index (χ3n) is 4.53. The van der Waals surface area contributed by atoms with Crippen molar-refractivity contribution in [1.82, 2.24) is 4.98 Å². The van der Waals surface area contributed by atoms with Gasteiger partial charge in [-0.2, -0.15) is 0 Å². The van der Waals surface area contributed by atoms with E-state index < -0.39 is 0 Å². The summed E-state index contributed by atoms with van der Waals surface area (Å²) >= 11 is 1.73. The molecule has 118 valence electrons. The van der Waals surface area contributed by atoms with Crippen LogP contribution in [0.25, 0.3) is 0 Å². The van der Waals surface area contributed by atoms with Gasteiger partial charge >= 0.3 is 0 Å². The van der Waals surface area contributed by atoms with E-state index in [9.17, 15) is 5.11 Å². The van der Waals surface area contributed by atoms with E-state index in [1.807, 2.05) is 13.0 Å². The first-order valence-corrected chi connectivity index (χ1v) is 8.99. The summed E-state index contributed by atoms with van der Waals surface area (Å²) in [6.07, 6.45) is 3.78. The Morgan fingerprint density at radius 3 is 2.64 bits per heavy atom. The zero-order chi connectivity index (χ0) is 15.4. The molecule has 0 unspecified atom stereocenters. The van der Waals surface area contributed by atoms with Gasteiger partial charge in [0.15, 0.2) is 5.13 Å². The number of nitrogens with zero attached hydrogens (tertiary/aromatic N) is 2. The molecule has 3 nitrogen and oxygen atoms in total. The molecule has 2 heterocycles. The van der Waals surface area contributed by atoms with Gasteiger partial charge < -0.3 is 10.0 Å². The lowest BCUT2D eigenvalue weighted by Crippen LogP contribution is -2.38. The first-order valence-electron chi connectivity index (χ1n) is 8.11. The Kier molecular flexibility index (Phi) is 5.11. The molecule has 1 aromatic heterocycles. The minimum Gasteiger partial charge on any atom is -0.393 e. The van der Waals surface area contributed by atoms with E-state index in [1.165, 1.54) is 5.56 Å². The molecule has 1 aliphatic rings. The van der Waals surface area contributed by atoms with E-state index in [0.29, 0.717) is 5.92 Å². The van der Waals surface area contributed by atoms with Crippen LogP contribution in [-0.2, 0) is 6.42 Å². The highest BCUT2D eigenvalue weighted by atomic mass is 32.1. The number of aliphatic hydroxyl groups excluding tert-OH is 1. The van der Waals surface area contributed by atoms with Crippen LogP contribution in [0.1, 0.15) is 30.5 Å². The second-order valence-electron chi connectivity index (χ2n) is 6.19. The molecule has 2 aromatic rings. The smallest absolute Gasteiger partial charge is 0.185 e. The molecule has 1 aliphatic heterocycles. The van der Waals surface area contributed by atoms with Gasteiger partial charge in [0.2, 0.25) is 0 Å². The van der Waals surface area contributed by atoms with Gasteiger partial charge in [0.1, 0.15) is 0 Å². The highest BCUT2D eigenvalue weighted by Gasteiger charge is 2.26. The molecule has 0 aliphatic carbocycles. The molecular weight excluding hydrogens is 292 g/mol. The van der Waals surface area contributed by atoms with Crippen molar-refractivity contribution in [2.45, 2.75) is 38.7 Å². The number of aromatic nitrogens is 1. The number of aliphatic hydroxyl groups is 1. The summed E-state index contributed by atoms with van der Waals surface area (Å²) < 4.78 is 0. The maximum absolute atomic E-state index is 10.5. The van der Waals surface area contributed by atoms with Crippen molar-refractivity contribution in [3.8, 4) is 0 Å². The van der Waals surface area contributed by atoms with Crippen molar-refractivity contribution >= 4 is 16.5 Å². The summed E-state index contributed by atoms with van der Waals surface area (Å²) in [6.45, 7) is 4.07. The highest BCUT2D eigenvalue weighted by molar-refractivity contribution is 7.13. The van der Waals surface area contributed by atoms with Gasteiger partial charge in [0.25, 0.3) is 0 Å². The molecule has 0 bridgehead atoms. The van der Waals surface area contributed by atoms with Crippen LogP contribution in [-0.4, -0.2) is 29.3 Å². The number of aryl methyl sites for hydroxylation is 2. The van der Waals surface area contributed by atoms with Crippen LogP contribution in [0, 0.1) is 12.8 Å². The average Bonchev–Trinajstić information content (AvgIpc) is 3.00. The first-order chi connectivity index (χ1) is 10.7. The summed E-state index contributed by atoms with van der Waals surface area (Å²) in [5.41, 5.74) is 2.42. The van der Waals surface area contributed by atoms with E-state index in [0.717, 1.165) is 49.6 Å². The van der Waals surface area contributed by atoms with Gasteiger partial charge in [0, 0.05) is 18.5 Å². The first kappa shape index (κ1) is 15.5. The van der Waals surface area contributed by atoms with Crippen molar-refractivity contribution in [1.29, 1.82) is 0 Å². The predicted molar refractivity (Wildman–Crippen MR) is 92.6 cm³/mol. The maximum atomic E-state index is 10.5. The normalized spacial score (nSPS) is 17.6. The van der Waals surface area contributed by atoms with E-state index in [1.54, 1.807) is 11.3 Å². The van der Waals surface area contributed by atoms with Gasteiger partial charge in [-0.1, -0.05) is 30.3 Å². The maximum Gasteiger partial charge on any atom is 0.185 e. The molecule has 1 N–H and O–H groups in total. The molecule has 0 amide bonds. The predicted octanol–water partition coefficient (Wildman–Crippen LogP) is 3.66. The number of benzene rings is 1. The summed E-state index contributed by atoms with van der Waals surface area (Å²) in [7, 11) is 0. The van der Waals surface area contributed by atoms with Crippen LogP contribution in [0.2, 0.25) is 0 Å². The molecular formula is C18H24N2OS.